The Labute approximate surface area is 609 Å². The summed E-state index contributed by atoms with van der Waals surface area (Å²) < 4.78 is 47.1. The second kappa shape index (κ2) is 28.8. The number of hydrogen-bond donors (Lipinski definition) is 2. The van der Waals surface area contributed by atoms with Crippen LogP contribution in [0.1, 0.15) is 116 Å². The molecule has 0 atom stereocenters. The van der Waals surface area contributed by atoms with E-state index in [-0.39, 0.29) is 59.9 Å². The molecule has 2 aliphatic heterocycles. The maximum Gasteiger partial charge on any atom is 0.258 e. The standard InChI is InChI=1S/C86H88N2O9S4/c1-83(2,3)59-39-65-79-66(40-59)99-70-44-62(86(10,11)12)46-72(82(70)97-50-74(90)88-48-58-26-24-56-22-20-52-16-14-18-54-28-30-64(58)78(56)76(52)54)101-68-42-60(84(4,5)6)41-67(80(68)95-38-36-93-34-32-91-31-33-92-35-37-94-79)100-71-45-61(85(7,8)9)43-69(98-65)81(71)96-49-73(89)87-47-57-25-23-55-21-19-51-15-13-17-53-27-29-63(57)77(55)75(51)53/h13-30,39-46H,31-38,47-50H2,1-12H3,(H,87,89)(H,88,90). The van der Waals surface area contributed by atoms with E-state index in [4.69, 9.17) is 33.2 Å². The van der Waals surface area contributed by atoms with Crippen LogP contribution in [0.4, 0.5) is 0 Å². The van der Waals surface area contributed by atoms with Crippen LogP contribution >= 0.6 is 47.0 Å². The molecular weight excluding hydrogens is 1330 g/mol. The van der Waals surface area contributed by atoms with Gasteiger partial charge in [-0.2, -0.15) is 0 Å². The van der Waals surface area contributed by atoms with Crippen LogP contribution in [0.5, 0.6) is 23.0 Å². The van der Waals surface area contributed by atoms with Crippen molar-refractivity contribution in [3.63, 3.8) is 0 Å². The van der Waals surface area contributed by atoms with Gasteiger partial charge in [-0.3, -0.25) is 9.59 Å². The number of ether oxygens (including phenoxy) is 7. The summed E-state index contributed by atoms with van der Waals surface area (Å²) in [6.07, 6.45) is 0. The summed E-state index contributed by atoms with van der Waals surface area (Å²) in [7, 11) is 0. The molecule has 15 heteroatoms. The maximum absolute atomic E-state index is 14.7. The van der Waals surface area contributed by atoms with Crippen LogP contribution in [0.2, 0.25) is 0 Å². The highest BCUT2D eigenvalue weighted by molar-refractivity contribution is 8.01. The lowest BCUT2D eigenvalue weighted by Gasteiger charge is -2.28. The first-order chi connectivity index (χ1) is 48.4. The summed E-state index contributed by atoms with van der Waals surface area (Å²) in [5, 5.41) is 20.7. The Kier molecular flexibility index (Phi) is 20.0. The van der Waals surface area contributed by atoms with E-state index in [9.17, 15) is 9.59 Å². The number of carbonyl (C=O) groups excluding carboxylic acids is 2. The number of nitrogens with one attached hydrogen (secondary N) is 2. The Morgan fingerprint density at radius 1 is 0.347 bits per heavy atom. The Morgan fingerprint density at radius 3 is 0.921 bits per heavy atom. The molecule has 2 amide bonds. The average Bonchev–Trinajstić information content (AvgIpc) is 0.747. The molecule has 2 N–H and O–H groups in total. The van der Waals surface area contributed by atoms with Crippen molar-refractivity contribution in [2.75, 3.05) is 66.1 Å². The zero-order chi connectivity index (χ0) is 70.5. The van der Waals surface area contributed by atoms with Crippen LogP contribution in [0.3, 0.4) is 0 Å². The molecule has 0 aromatic heterocycles. The second-order valence-electron chi connectivity index (χ2n) is 30.4. The van der Waals surface area contributed by atoms with Gasteiger partial charge in [-0.05, 0) is 168 Å². The van der Waals surface area contributed by atoms with E-state index < -0.39 is 0 Å². The number of rotatable bonds is 10. The molecule has 0 fully saturated rings. The summed E-state index contributed by atoms with van der Waals surface area (Å²) in [6.45, 7) is 29.4. The third-order valence-corrected chi connectivity index (χ3v) is 23.2. The molecular formula is C86H88N2O9S4. The van der Waals surface area contributed by atoms with Gasteiger partial charge >= 0.3 is 0 Å². The lowest BCUT2D eigenvalue weighted by Crippen LogP contribution is -2.28. The van der Waals surface area contributed by atoms with Crippen molar-refractivity contribution >= 4 is 123 Å². The minimum absolute atomic E-state index is 0.226. The molecule has 520 valence electrons. The van der Waals surface area contributed by atoms with Crippen LogP contribution in [0.25, 0.3) is 64.6 Å². The molecule has 2 aliphatic rings. The van der Waals surface area contributed by atoms with E-state index in [1.54, 1.807) is 47.0 Å². The SMILES string of the molecule is CC(C)(C)c1cc2c3c(c1)Sc1cc(C(C)(C)C)cc(c1OCC(=O)NCc1ccc4ccc5cccc6ccc1c4c56)Sc1cc(C(C)(C)C)cc(c1OCCOCCOCCOCCO3)Sc1cc(C(C)(C)C)cc(c1OCC(=O)NCc1ccc3ccc4cccc5ccc1c3c45)S2. The van der Waals surface area contributed by atoms with E-state index >= 15 is 0 Å². The van der Waals surface area contributed by atoms with Crippen molar-refractivity contribution < 1.29 is 42.7 Å². The maximum atomic E-state index is 14.7. The molecule has 10 bridgehead atoms. The van der Waals surface area contributed by atoms with Gasteiger partial charge in [0.15, 0.2) is 13.2 Å². The number of hydrogen-bond acceptors (Lipinski definition) is 13. The predicted octanol–water partition coefficient (Wildman–Crippen LogP) is 20.8. The van der Waals surface area contributed by atoms with Crippen molar-refractivity contribution in [1.82, 2.24) is 10.6 Å². The molecule has 12 aromatic rings. The molecule has 0 spiro atoms. The van der Waals surface area contributed by atoms with Crippen LogP contribution in [0, 0.1) is 0 Å². The summed E-state index contributed by atoms with van der Waals surface area (Å²) in [6, 6.07) is 56.7. The zero-order valence-electron chi connectivity index (χ0n) is 59.8. The fraction of sp³-hybridized carbons (Fsp3) is 0.326. The number of carbonyl (C=O) groups is 2. The molecule has 11 nitrogen and oxygen atoms in total. The van der Waals surface area contributed by atoms with Crippen molar-refractivity contribution in [2.24, 2.45) is 0 Å². The van der Waals surface area contributed by atoms with Gasteiger partial charge in [-0.1, -0.05) is 239 Å². The Hall–Kier alpha value is -7.86. The molecule has 0 aliphatic carbocycles. The summed E-state index contributed by atoms with van der Waals surface area (Å²) >= 11 is 6.27. The first-order valence-electron chi connectivity index (χ1n) is 34.9. The van der Waals surface area contributed by atoms with Crippen LogP contribution in [-0.4, -0.2) is 77.9 Å². The summed E-state index contributed by atoms with van der Waals surface area (Å²) in [5.74, 6) is 1.90. The highest BCUT2D eigenvalue weighted by Crippen LogP contribution is 2.57. The Morgan fingerprint density at radius 2 is 0.614 bits per heavy atom. The molecule has 0 unspecified atom stereocenters. The van der Waals surface area contributed by atoms with Gasteiger partial charge in [0.05, 0.1) is 78.8 Å². The Balaban J connectivity index is 0.911. The Bertz CT molecular complexity index is 4670. The van der Waals surface area contributed by atoms with Crippen LogP contribution in [0.15, 0.2) is 197 Å². The van der Waals surface area contributed by atoms with Crippen LogP contribution in [-0.2, 0) is 58.5 Å². The van der Waals surface area contributed by atoms with E-state index in [2.05, 4.69) is 251 Å². The quantitative estimate of drug-likeness (QED) is 0.126. The number of fused-ring (bicyclic) bond motifs is 2. The van der Waals surface area contributed by atoms with E-state index in [1.807, 2.05) is 0 Å². The van der Waals surface area contributed by atoms with Crippen molar-refractivity contribution in [1.29, 1.82) is 0 Å². The van der Waals surface area contributed by atoms with Crippen molar-refractivity contribution in [3.05, 3.63) is 191 Å². The predicted molar refractivity (Wildman–Crippen MR) is 415 cm³/mol. The van der Waals surface area contributed by atoms with E-state index in [1.165, 1.54) is 43.1 Å². The molecule has 0 saturated carbocycles. The van der Waals surface area contributed by atoms with E-state index in [0.29, 0.717) is 75.7 Å². The van der Waals surface area contributed by atoms with Gasteiger partial charge < -0.3 is 43.8 Å². The monoisotopic (exact) mass is 1420 g/mol. The fourth-order valence-electron chi connectivity index (χ4n) is 13.3. The second-order valence-corrected chi connectivity index (χ2v) is 34.8. The average molecular weight is 1420 g/mol. The highest BCUT2D eigenvalue weighted by Gasteiger charge is 2.32. The largest absolute Gasteiger partial charge is 0.489 e. The van der Waals surface area contributed by atoms with Gasteiger partial charge in [-0.25, -0.2) is 0 Å². The molecule has 12 aromatic carbocycles. The minimum Gasteiger partial charge on any atom is -0.489 e. The third-order valence-electron chi connectivity index (χ3n) is 19.0. The molecule has 0 radical (unpaired) electrons. The highest BCUT2D eigenvalue weighted by atomic mass is 32.2. The summed E-state index contributed by atoms with van der Waals surface area (Å²) in [4.78, 5) is 36.1. The van der Waals surface area contributed by atoms with Gasteiger partial charge in [0.25, 0.3) is 11.8 Å². The van der Waals surface area contributed by atoms with Crippen molar-refractivity contribution in [3.8, 4) is 23.0 Å². The van der Waals surface area contributed by atoms with Crippen molar-refractivity contribution in [2.45, 2.75) is 157 Å². The third kappa shape index (κ3) is 15.2. The van der Waals surface area contributed by atoms with Gasteiger partial charge in [0.2, 0.25) is 0 Å². The molecule has 101 heavy (non-hydrogen) atoms. The number of amides is 2. The lowest BCUT2D eigenvalue weighted by atomic mass is 9.87. The van der Waals surface area contributed by atoms with Gasteiger partial charge in [0.1, 0.15) is 36.2 Å². The van der Waals surface area contributed by atoms with Gasteiger partial charge in [-0.15, -0.1) is 0 Å². The molecule has 0 saturated heterocycles. The normalized spacial score (nSPS) is 14.7. The van der Waals surface area contributed by atoms with Crippen LogP contribution < -0.4 is 29.6 Å². The number of benzene rings is 12. The minimum atomic E-state index is -0.342. The van der Waals surface area contributed by atoms with Gasteiger partial charge in [0, 0.05) is 13.1 Å². The summed E-state index contributed by atoms with van der Waals surface area (Å²) in [5.41, 5.74) is 5.00. The zero-order valence-corrected chi connectivity index (χ0v) is 63.1. The fourth-order valence-corrected chi connectivity index (χ4v) is 18.1. The first kappa shape index (κ1) is 70.2. The topological polar surface area (TPSA) is 123 Å². The van der Waals surface area contributed by atoms with E-state index in [0.717, 1.165) is 94.1 Å². The molecule has 14 rings (SSSR count). The molecule has 2 heterocycles. The smallest absolute Gasteiger partial charge is 0.258 e. The first-order valence-corrected chi connectivity index (χ1v) is 38.2. The lowest BCUT2D eigenvalue weighted by molar-refractivity contribution is -0.124.